The summed E-state index contributed by atoms with van der Waals surface area (Å²) in [6.45, 7) is 2.39. The summed E-state index contributed by atoms with van der Waals surface area (Å²) in [6, 6.07) is 11.5. The fraction of sp³-hybridized carbons (Fsp3) is 0.316. The number of nitrogens with zero attached hydrogens (tertiary/aromatic N) is 2. The first kappa shape index (κ1) is 19.0. The maximum Gasteiger partial charge on any atom is 0.264 e. The highest BCUT2D eigenvalue weighted by Gasteiger charge is 2.29. The molecule has 144 valence electrons. The summed E-state index contributed by atoms with van der Waals surface area (Å²) >= 11 is 0. The van der Waals surface area contributed by atoms with Crippen LogP contribution >= 0.6 is 0 Å². The SMILES string of the molecule is Cc1ccc(N(CC(=O)N(C)C)S(=O)(=O)c2ccc3c(c2)OCCO3)cc1. The molecule has 1 aliphatic heterocycles. The van der Waals surface area contributed by atoms with Gasteiger partial charge >= 0.3 is 0 Å². The lowest BCUT2D eigenvalue weighted by atomic mass is 10.2. The van der Waals surface area contributed by atoms with Crippen LogP contribution in [0.5, 0.6) is 11.5 Å². The standard InChI is InChI=1S/C19H22N2O5S/c1-14-4-6-15(7-5-14)21(13-19(22)20(2)3)27(23,24)16-8-9-17-18(12-16)26-11-10-25-17/h4-9,12H,10-11,13H2,1-3H3. The predicted octanol–water partition coefficient (Wildman–Crippen LogP) is 2.05. The van der Waals surface area contributed by atoms with E-state index in [1.54, 1.807) is 32.3 Å². The highest BCUT2D eigenvalue weighted by molar-refractivity contribution is 7.92. The molecule has 1 aliphatic rings. The van der Waals surface area contributed by atoms with Crippen LogP contribution in [-0.4, -0.2) is 53.1 Å². The molecule has 0 bridgehead atoms. The Morgan fingerprint density at radius 3 is 2.26 bits per heavy atom. The normalized spacial score (nSPS) is 13.1. The zero-order valence-corrected chi connectivity index (χ0v) is 16.3. The minimum atomic E-state index is -3.98. The van der Waals surface area contributed by atoms with Crippen LogP contribution in [0.3, 0.4) is 0 Å². The molecule has 2 aromatic carbocycles. The Kier molecular flexibility index (Phi) is 5.27. The first-order chi connectivity index (χ1) is 12.8. The number of aryl methyl sites for hydroxylation is 1. The predicted molar refractivity (Wildman–Crippen MR) is 102 cm³/mol. The average molecular weight is 390 g/mol. The summed E-state index contributed by atoms with van der Waals surface area (Å²) < 4.78 is 38.7. The van der Waals surface area contributed by atoms with Gasteiger partial charge in [0, 0.05) is 20.2 Å². The second-order valence-electron chi connectivity index (χ2n) is 6.44. The van der Waals surface area contributed by atoms with Crippen LogP contribution in [0, 0.1) is 6.92 Å². The van der Waals surface area contributed by atoms with Gasteiger partial charge in [0.05, 0.1) is 10.6 Å². The number of rotatable bonds is 5. The Hall–Kier alpha value is -2.74. The van der Waals surface area contributed by atoms with E-state index in [1.807, 2.05) is 19.1 Å². The lowest BCUT2D eigenvalue weighted by Gasteiger charge is -2.26. The van der Waals surface area contributed by atoms with Gasteiger partial charge in [0.15, 0.2) is 11.5 Å². The third-order valence-corrected chi connectivity index (χ3v) is 5.97. The highest BCUT2D eigenvalue weighted by atomic mass is 32.2. The fourth-order valence-corrected chi connectivity index (χ4v) is 4.03. The summed E-state index contributed by atoms with van der Waals surface area (Å²) in [6.07, 6.45) is 0. The number of hydrogen-bond donors (Lipinski definition) is 0. The lowest BCUT2D eigenvalue weighted by Crippen LogP contribution is -2.40. The quantitative estimate of drug-likeness (QED) is 0.781. The summed E-state index contributed by atoms with van der Waals surface area (Å²) in [7, 11) is -0.799. The summed E-state index contributed by atoms with van der Waals surface area (Å²) in [5, 5.41) is 0. The number of carbonyl (C=O) groups is 1. The van der Waals surface area contributed by atoms with Crippen LogP contribution in [0.25, 0.3) is 0 Å². The molecule has 0 fully saturated rings. The fourth-order valence-electron chi connectivity index (χ4n) is 2.60. The van der Waals surface area contributed by atoms with Gasteiger partial charge in [-0.2, -0.15) is 0 Å². The van der Waals surface area contributed by atoms with Crippen molar-refractivity contribution < 1.29 is 22.7 Å². The Morgan fingerprint density at radius 1 is 1.00 bits per heavy atom. The van der Waals surface area contributed by atoms with E-state index in [2.05, 4.69) is 0 Å². The maximum atomic E-state index is 13.3. The first-order valence-electron chi connectivity index (χ1n) is 8.48. The number of benzene rings is 2. The maximum absolute atomic E-state index is 13.3. The van der Waals surface area contributed by atoms with Gasteiger partial charge in [0.2, 0.25) is 5.91 Å². The highest BCUT2D eigenvalue weighted by Crippen LogP contribution is 2.34. The van der Waals surface area contributed by atoms with Crippen molar-refractivity contribution in [3.05, 3.63) is 48.0 Å². The Labute approximate surface area is 159 Å². The van der Waals surface area contributed by atoms with Crippen LogP contribution < -0.4 is 13.8 Å². The number of amides is 1. The molecule has 1 heterocycles. The van der Waals surface area contributed by atoms with Crippen molar-refractivity contribution in [3.63, 3.8) is 0 Å². The molecule has 0 aliphatic carbocycles. The molecule has 0 radical (unpaired) electrons. The number of hydrogen-bond acceptors (Lipinski definition) is 5. The molecule has 0 spiro atoms. The van der Waals surface area contributed by atoms with Gasteiger partial charge in [-0.1, -0.05) is 17.7 Å². The van der Waals surface area contributed by atoms with Gasteiger partial charge in [-0.25, -0.2) is 8.42 Å². The average Bonchev–Trinajstić information content (AvgIpc) is 2.66. The van der Waals surface area contributed by atoms with E-state index in [4.69, 9.17) is 9.47 Å². The van der Waals surface area contributed by atoms with Crippen molar-refractivity contribution in [1.82, 2.24) is 4.90 Å². The van der Waals surface area contributed by atoms with E-state index in [1.165, 1.54) is 17.0 Å². The minimum Gasteiger partial charge on any atom is -0.486 e. The van der Waals surface area contributed by atoms with Crippen LogP contribution in [-0.2, 0) is 14.8 Å². The van der Waals surface area contributed by atoms with E-state index in [9.17, 15) is 13.2 Å². The molecule has 0 aromatic heterocycles. The first-order valence-corrected chi connectivity index (χ1v) is 9.92. The van der Waals surface area contributed by atoms with Crippen molar-refractivity contribution in [2.45, 2.75) is 11.8 Å². The van der Waals surface area contributed by atoms with E-state index >= 15 is 0 Å². The van der Waals surface area contributed by atoms with Gasteiger partial charge < -0.3 is 14.4 Å². The number of likely N-dealkylation sites (N-methyl/N-ethyl adjacent to an activating group) is 1. The summed E-state index contributed by atoms with van der Waals surface area (Å²) in [5.41, 5.74) is 1.42. The van der Waals surface area contributed by atoms with E-state index in [0.29, 0.717) is 30.4 Å². The molecule has 0 N–H and O–H groups in total. The smallest absolute Gasteiger partial charge is 0.264 e. The molecule has 0 unspecified atom stereocenters. The summed E-state index contributed by atoms with van der Waals surface area (Å²) in [4.78, 5) is 13.7. The monoisotopic (exact) mass is 390 g/mol. The Bertz CT molecular complexity index is 939. The molecule has 1 amide bonds. The molecule has 2 aromatic rings. The van der Waals surface area contributed by atoms with Gasteiger partial charge in [-0.15, -0.1) is 0 Å². The minimum absolute atomic E-state index is 0.0406. The number of anilines is 1. The van der Waals surface area contributed by atoms with Crippen molar-refractivity contribution >= 4 is 21.6 Å². The molecule has 0 saturated heterocycles. The number of sulfonamides is 1. The zero-order chi connectivity index (χ0) is 19.6. The van der Waals surface area contributed by atoms with E-state index < -0.39 is 10.0 Å². The van der Waals surface area contributed by atoms with Gasteiger partial charge in [0.25, 0.3) is 10.0 Å². The third kappa shape index (κ3) is 4.00. The number of carbonyl (C=O) groups excluding carboxylic acids is 1. The van der Waals surface area contributed by atoms with Crippen molar-refractivity contribution in [2.24, 2.45) is 0 Å². The number of fused-ring (bicyclic) bond motifs is 1. The van der Waals surface area contributed by atoms with Crippen LogP contribution in [0.2, 0.25) is 0 Å². The van der Waals surface area contributed by atoms with Crippen LogP contribution in [0.1, 0.15) is 5.56 Å². The molecule has 8 heteroatoms. The van der Waals surface area contributed by atoms with Crippen molar-refractivity contribution in [2.75, 3.05) is 38.2 Å². The molecule has 3 rings (SSSR count). The van der Waals surface area contributed by atoms with Crippen molar-refractivity contribution in [1.29, 1.82) is 0 Å². The lowest BCUT2D eigenvalue weighted by molar-refractivity contribution is -0.127. The van der Waals surface area contributed by atoms with Crippen LogP contribution in [0.4, 0.5) is 5.69 Å². The van der Waals surface area contributed by atoms with Crippen LogP contribution in [0.15, 0.2) is 47.4 Å². The second kappa shape index (κ2) is 7.48. The Balaban J connectivity index is 2.04. The van der Waals surface area contributed by atoms with E-state index in [0.717, 1.165) is 9.87 Å². The van der Waals surface area contributed by atoms with E-state index in [-0.39, 0.29) is 17.3 Å². The Morgan fingerprint density at radius 2 is 1.63 bits per heavy atom. The molecular formula is C19H22N2O5S. The number of ether oxygens (including phenoxy) is 2. The van der Waals surface area contributed by atoms with Gasteiger partial charge in [-0.3, -0.25) is 9.10 Å². The molecular weight excluding hydrogens is 368 g/mol. The zero-order valence-electron chi connectivity index (χ0n) is 15.5. The van der Waals surface area contributed by atoms with Gasteiger partial charge in [0.1, 0.15) is 19.8 Å². The van der Waals surface area contributed by atoms with Crippen molar-refractivity contribution in [3.8, 4) is 11.5 Å². The summed E-state index contributed by atoms with van der Waals surface area (Å²) in [5.74, 6) is 0.563. The second-order valence-corrected chi connectivity index (χ2v) is 8.30. The molecule has 0 atom stereocenters. The molecule has 0 saturated carbocycles. The molecule has 27 heavy (non-hydrogen) atoms. The van der Waals surface area contributed by atoms with Gasteiger partial charge in [-0.05, 0) is 31.2 Å². The molecule has 7 nitrogen and oxygen atoms in total. The third-order valence-electron chi connectivity index (χ3n) is 4.20. The topological polar surface area (TPSA) is 76.2 Å². The largest absolute Gasteiger partial charge is 0.486 e.